The molecule has 4 nitrogen and oxygen atoms in total. The number of benzene rings is 1. The van der Waals surface area contributed by atoms with Gasteiger partial charge in [0.05, 0.1) is 17.9 Å². The van der Waals surface area contributed by atoms with Crippen LogP contribution in [-0.4, -0.2) is 31.6 Å². The maximum absolute atomic E-state index is 12.1. The van der Waals surface area contributed by atoms with Gasteiger partial charge in [0.15, 0.2) is 0 Å². The van der Waals surface area contributed by atoms with E-state index in [-0.39, 0.29) is 5.91 Å². The lowest BCUT2D eigenvalue weighted by Gasteiger charge is -2.21. The number of anilines is 2. The number of amides is 1. The normalized spacial score (nSPS) is 19.1. The van der Waals surface area contributed by atoms with E-state index in [1.807, 2.05) is 18.2 Å². The summed E-state index contributed by atoms with van der Waals surface area (Å²) >= 11 is 0. The molecule has 21 heavy (non-hydrogen) atoms. The Morgan fingerprint density at radius 3 is 2.57 bits per heavy atom. The van der Waals surface area contributed by atoms with Crippen molar-refractivity contribution in [2.24, 2.45) is 0 Å². The average molecular weight is 287 g/mol. The summed E-state index contributed by atoms with van der Waals surface area (Å²) < 4.78 is 0. The predicted molar refractivity (Wildman–Crippen MR) is 86.8 cm³/mol. The fourth-order valence-electron chi connectivity index (χ4n) is 3.37. The van der Waals surface area contributed by atoms with Crippen molar-refractivity contribution in [3.63, 3.8) is 0 Å². The molecule has 0 unspecified atom stereocenters. The van der Waals surface area contributed by atoms with Gasteiger partial charge in [-0.1, -0.05) is 25.0 Å². The van der Waals surface area contributed by atoms with Crippen LogP contribution in [0.1, 0.15) is 38.5 Å². The smallest absolute Gasteiger partial charge is 0.238 e. The van der Waals surface area contributed by atoms with Crippen LogP contribution in [0.5, 0.6) is 0 Å². The van der Waals surface area contributed by atoms with Crippen LogP contribution >= 0.6 is 0 Å². The van der Waals surface area contributed by atoms with Crippen LogP contribution < -0.4 is 15.5 Å². The highest BCUT2D eigenvalue weighted by atomic mass is 16.1. The molecule has 2 fully saturated rings. The number of carbonyl (C=O) groups excluding carboxylic acids is 1. The number of hydrogen-bond acceptors (Lipinski definition) is 3. The summed E-state index contributed by atoms with van der Waals surface area (Å²) in [6.45, 7) is 2.60. The van der Waals surface area contributed by atoms with Crippen LogP contribution in [-0.2, 0) is 4.79 Å². The van der Waals surface area contributed by atoms with E-state index in [0.29, 0.717) is 12.6 Å². The van der Waals surface area contributed by atoms with E-state index >= 15 is 0 Å². The Morgan fingerprint density at radius 2 is 1.81 bits per heavy atom. The van der Waals surface area contributed by atoms with Crippen LogP contribution in [0.25, 0.3) is 0 Å². The Hall–Kier alpha value is -1.55. The van der Waals surface area contributed by atoms with Crippen LogP contribution in [0.15, 0.2) is 24.3 Å². The van der Waals surface area contributed by atoms with Crippen molar-refractivity contribution in [1.82, 2.24) is 5.32 Å². The van der Waals surface area contributed by atoms with E-state index in [1.165, 1.54) is 38.5 Å². The molecular formula is C17H25N3O. The summed E-state index contributed by atoms with van der Waals surface area (Å²) in [7, 11) is 0. The number of nitrogens with one attached hydrogen (secondary N) is 2. The van der Waals surface area contributed by atoms with Gasteiger partial charge in [-0.25, -0.2) is 0 Å². The molecule has 4 heteroatoms. The predicted octanol–water partition coefficient (Wildman–Crippen LogP) is 2.76. The summed E-state index contributed by atoms with van der Waals surface area (Å²) in [6, 6.07) is 8.66. The molecule has 1 saturated carbocycles. The molecule has 0 bridgehead atoms. The van der Waals surface area contributed by atoms with Gasteiger partial charge in [-0.15, -0.1) is 0 Å². The molecule has 0 spiro atoms. The summed E-state index contributed by atoms with van der Waals surface area (Å²) in [5.74, 6) is 0.0635. The largest absolute Gasteiger partial charge is 0.370 e. The van der Waals surface area contributed by atoms with Crippen molar-refractivity contribution in [3.8, 4) is 0 Å². The Labute approximate surface area is 126 Å². The summed E-state index contributed by atoms with van der Waals surface area (Å²) in [5.41, 5.74) is 2.10. The second-order valence-electron chi connectivity index (χ2n) is 6.12. The zero-order valence-electron chi connectivity index (χ0n) is 12.6. The SMILES string of the molecule is O=C(CNC1CCCC1)Nc1ccccc1N1CCCC1. The molecule has 1 aromatic rings. The highest BCUT2D eigenvalue weighted by molar-refractivity contribution is 5.95. The van der Waals surface area contributed by atoms with Gasteiger partial charge in [0.25, 0.3) is 0 Å². The minimum atomic E-state index is 0.0635. The van der Waals surface area contributed by atoms with Crippen molar-refractivity contribution in [1.29, 1.82) is 0 Å². The Balaban J connectivity index is 1.57. The van der Waals surface area contributed by atoms with Gasteiger partial charge >= 0.3 is 0 Å². The third-order valence-corrected chi connectivity index (χ3v) is 4.53. The molecule has 2 aliphatic rings. The van der Waals surface area contributed by atoms with Crippen molar-refractivity contribution in [3.05, 3.63) is 24.3 Å². The second-order valence-corrected chi connectivity index (χ2v) is 6.12. The van der Waals surface area contributed by atoms with E-state index in [2.05, 4.69) is 21.6 Å². The molecule has 0 atom stereocenters. The topological polar surface area (TPSA) is 44.4 Å². The highest BCUT2D eigenvalue weighted by Crippen LogP contribution is 2.28. The van der Waals surface area contributed by atoms with Gasteiger partial charge in [0, 0.05) is 19.1 Å². The van der Waals surface area contributed by atoms with Crippen molar-refractivity contribution >= 4 is 17.3 Å². The van der Waals surface area contributed by atoms with Crippen molar-refractivity contribution in [2.75, 3.05) is 29.9 Å². The first kappa shape index (κ1) is 14.4. The molecular weight excluding hydrogens is 262 g/mol. The molecule has 2 N–H and O–H groups in total. The molecule has 0 aromatic heterocycles. The molecule has 1 aliphatic heterocycles. The van der Waals surface area contributed by atoms with E-state index in [4.69, 9.17) is 0 Å². The van der Waals surface area contributed by atoms with Crippen LogP contribution in [0.3, 0.4) is 0 Å². The van der Waals surface area contributed by atoms with E-state index in [1.54, 1.807) is 0 Å². The van der Waals surface area contributed by atoms with Gasteiger partial charge in [-0.3, -0.25) is 4.79 Å². The third kappa shape index (κ3) is 3.76. The number of rotatable bonds is 5. The van der Waals surface area contributed by atoms with Crippen LogP contribution in [0.4, 0.5) is 11.4 Å². The minimum Gasteiger partial charge on any atom is -0.370 e. The first-order valence-electron chi connectivity index (χ1n) is 8.20. The van der Waals surface area contributed by atoms with Crippen LogP contribution in [0.2, 0.25) is 0 Å². The molecule has 3 rings (SSSR count). The summed E-state index contributed by atoms with van der Waals surface area (Å²) in [4.78, 5) is 14.5. The van der Waals surface area contributed by atoms with Gasteiger partial charge in [0.2, 0.25) is 5.91 Å². The number of hydrogen-bond donors (Lipinski definition) is 2. The summed E-state index contributed by atoms with van der Waals surface area (Å²) in [5, 5.41) is 6.43. The summed E-state index contributed by atoms with van der Waals surface area (Å²) in [6.07, 6.45) is 7.47. The number of para-hydroxylation sites is 2. The molecule has 1 amide bonds. The third-order valence-electron chi connectivity index (χ3n) is 4.53. The monoisotopic (exact) mass is 287 g/mol. The minimum absolute atomic E-state index is 0.0635. The van der Waals surface area contributed by atoms with Gasteiger partial charge < -0.3 is 15.5 Å². The highest BCUT2D eigenvalue weighted by Gasteiger charge is 2.18. The quantitative estimate of drug-likeness (QED) is 0.875. The fraction of sp³-hybridized carbons (Fsp3) is 0.588. The Kier molecular flexibility index (Phi) is 4.76. The van der Waals surface area contributed by atoms with Gasteiger partial charge in [-0.2, -0.15) is 0 Å². The number of carbonyl (C=O) groups is 1. The number of nitrogens with zero attached hydrogens (tertiary/aromatic N) is 1. The van der Waals surface area contributed by atoms with Crippen molar-refractivity contribution in [2.45, 2.75) is 44.6 Å². The van der Waals surface area contributed by atoms with Gasteiger partial charge in [0.1, 0.15) is 0 Å². The lowest BCUT2D eigenvalue weighted by Crippen LogP contribution is -2.34. The average Bonchev–Trinajstić information content (AvgIpc) is 3.19. The molecule has 114 valence electrons. The standard InChI is InChI=1S/C17H25N3O/c21-17(13-18-14-7-1-2-8-14)19-15-9-3-4-10-16(15)20-11-5-6-12-20/h3-4,9-10,14,18H,1-2,5-8,11-13H2,(H,19,21). The zero-order valence-corrected chi connectivity index (χ0v) is 12.6. The van der Waals surface area contributed by atoms with E-state index < -0.39 is 0 Å². The second kappa shape index (κ2) is 6.94. The molecule has 1 heterocycles. The molecule has 1 aliphatic carbocycles. The molecule has 1 aromatic carbocycles. The maximum atomic E-state index is 12.1. The zero-order chi connectivity index (χ0) is 14.5. The van der Waals surface area contributed by atoms with Crippen LogP contribution in [0, 0.1) is 0 Å². The maximum Gasteiger partial charge on any atom is 0.238 e. The first-order valence-corrected chi connectivity index (χ1v) is 8.20. The van der Waals surface area contributed by atoms with E-state index in [0.717, 1.165) is 24.5 Å². The van der Waals surface area contributed by atoms with E-state index in [9.17, 15) is 4.79 Å². The van der Waals surface area contributed by atoms with Crippen molar-refractivity contribution < 1.29 is 4.79 Å². The Morgan fingerprint density at radius 1 is 1.10 bits per heavy atom. The molecule has 1 saturated heterocycles. The lowest BCUT2D eigenvalue weighted by molar-refractivity contribution is -0.115. The van der Waals surface area contributed by atoms with Gasteiger partial charge in [-0.05, 0) is 37.8 Å². The first-order chi connectivity index (χ1) is 10.3. The fourth-order valence-corrected chi connectivity index (χ4v) is 3.37. The Bertz CT molecular complexity index is 477. The lowest BCUT2D eigenvalue weighted by atomic mass is 10.2. The molecule has 0 radical (unpaired) electrons.